The molecule has 2 aliphatic heterocycles. The second kappa shape index (κ2) is 7.77. The van der Waals surface area contributed by atoms with Crippen molar-refractivity contribution in [3.8, 4) is 0 Å². The van der Waals surface area contributed by atoms with Gasteiger partial charge in [0.2, 0.25) is 5.91 Å². The van der Waals surface area contributed by atoms with Crippen LogP contribution in [-0.2, 0) is 4.79 Å². The van der Waals surface area contributed by atoms with Crippen LogP contribution in [0, 0.1) is 11.8 Å². The number of rotatable bonds is 4. The Hall–Kier alpha value is -1.62. The summed E-state index contributed by atoms with van der Waals surface area (Å²) in [5.74, 6) is 2.55. The molecule has 23 heavy (non-hydrogen) atoms. The molecule has 0 aliphatic carbocycles. The van der Waals surface area contributed by atoms with E-state index in [1.807, 2.05) is 29.3 Å². The zero-order valence-corrected chi connectivity index (χ0v) is 14.1. The predicted octanol–water partition coefficient (Wildman–Crippen LogP) is 1.76. The molecule has 0 radical (unpaired) electrons. The Morgan fingerprint density at radius 1 is 1.26 bits per heavy atom. The zero-order valence-electron chi connectivity index (χ0n) is 14.1. The average molecular weight is 316 g/mol. The van der Waals surface area contributed by atoms with Gasteiger partial charge in [-0.05, 0) is 49.9 Å². The molecular formula is C18H28N4O. The summed E-state index contributed by atoms with van der Waals surface area (Å²) in [7, 11) is 0. The molecule has 1 atom stereocenters. The first-order valence-corrected chi connectivity index (χ1v) is 8.88. The lowest BCUT2D eigenvalue weighted by Gasteiger charge is -2.36. The number of hydrogen-bond donors (Lipinski definition) is 1. The smallest absolute Gasteiger partial charge is 0.222 e. The minimum absolute atomic E-state index is 0.330. The maximum absolute atomic E-state index is 12.6. The Kier molecular flexibility index (Phi) is 5.49. The van der Waals surface area contributed by atoms with E-state index in [-0.39, 0.29) is 0 Å². The predicted molar refractivity (Wildman–Crippen MR) is 92.4 cm³/mol. The molecule has 0 spiro atoms. The summed E-state index contributed by atoms with van der Waals surface area (Å²) in [6, 6.07) is 5.99. The van der Waals surface area contributed by atoms with Crippen LogP contribution in [0.2, 0.25) is 0 Å². The number of piperidine rings is 1. The van der Waals surface area contributed by atoms with Gasteiger partial charge in [0.25, 0.3) is 0 Å². The standard InChI is InChI=1S/C18H28N4O/c1-15(16-5-8-19-9-6-16)14-18(23)22-12-10-21(11-13-22)17-4-2-3-7-20-17/h2-4,7,15-16,19H,5-6,8-14H2,1H3. The summed E-state index contributed by atoms with van der Waals surface area (Å²) in [5.41, 5.74) is 0. The van der Waals surface area contributed by atoms with Crippen LogP contribution in [0.4, 0.5) is 5.82 Å². The van der Waals surface area contributed by atoms with E-state index < -0.39 is 0 Å². The van der Waals surface area contributed by atoms with Crippen molar-refractivity contribution >= 4 is 11.7 Å². The Bertz CT molecular complexity index is 493. The Morgan fingerprint density at radius 3 is 2.65 bits per heavy atom. The van der Waals surface area contributed by atoms with Crippen molar-refractivity contribution in [1.82, 2.24) is 15.2 Å². The highest BCUT2D eigenvalue weighted by Crippen LogP contribution is 2.25. The SMILES string of the molecule is CC(CC(=O)N1CCN(c2ccccn2)CC1)C1CCNCC1. The van der Waals surface area contributed by atoms with Crippen LogP contribution >= 0.6 is 0 Å². The maximum Gasteiger partial charge on any atom is 0.222 e. The van der Waals surface area contributed by atoms with Crippen molar-refractivity contribution < 1.29 is 4.79 Å². The molecule has 126 valence electrons. The summed E-state index contributed by atoms with van der Waals surface area (Å²) in [5, 5.41) is 3.40. The molecule has 2 saturated heterocycles. The highest BCUT2D eigenvalue weighted by atomic mass is 16.2. The van der Waals surface area contributed by atoms with Gasteiger partial charge in [-0.3, -0.25) is 4.79 Å². The van der Waals surface area contributed by atoms with Gasteiger partial charge in [-0.2, -0.15) is 0 Å². The number of carbonyl (C=O) groups is 1. The van der Waals surface area contributed by atoms with E-state index in [0.717, 1.165) is 45.1 Å². The number of aromatic nitrogens is 1. The number of anilines is 1. The molecule has 5 heteroatoms. The first-order valence-electron chi connectivity index (χ1n) is 8.88. The average Bonchev–Trinajstić information content (AvgIpc) is 2.63. The molecule has 0 saturated carbocycles. The quantitative estimate of drug-likeness (QED) is 0.919. The summed E-state index contributed by atoms with van der Waals surface area (Å²) >= 11 is 0. The van der Waals surface area contributed by atoms with E-state index in [9.17, 15) is 4.79 Å². The number of amides is 1. The van der Waals surface area contributed by atoms with Crippen molar-refractivity contribution in [1.29, 1.82) is 0 Å². The largest absolute Gasteiger partial charge is 0.353 e. The topological polar surface area (TPSA) is 48.5 Å². The zero-order chi connectivity index (χ0) is 16.1. The lowest BCUT2D eigenvalue weighted by atomic mass is 9.84. The van der Waals surface area contributed by atoms with Gasteiger partial charge >= 0.3 is 0 Å². The van der Waals surface area contributed by atoms with E-state index in [1.165, 1.54) is 12.8 Å². The van der Waals surface area contributed by atoms with Gasteiger partial charge in [0, 0.05) is 38.8 Å². The van der Waals surface area contributed by atoms with Crippen molar-refractivity contribution in [3.63, 3.8) is 0 Å². The lowest BCUT2D eigenvalue weighted by molar-refractivity contribution is -0.132. The van der Waals surface area contributed by atoms with Crippen LogP contribution in [-0.4, -0.2) is 55.1 Å². The molecule has 1 aromatic rings. The number of pyridine rings is 1. The highest BCUT2D eigenvalue weighted by molar-refractivity contribution is 5.76. The first kappa shape index (κ1) is 16.2. The van der Waals surface area contributed by atoms with Crippen molar-refractivity contribution in [2.24, 2.45) is 11.8 Å². The first-order chi connectivity index (χ1) is 11.2. The van der Waals surface area contributed by atoms with Gasteiger partial charge in [-0.25, -0.2) is 4.98 Å². The molecule has 3 heterocycles. The third kappa shape index (κ3) is 4.22. The second-order valence-electron chi connectivity index (χ2n) is 6.82. The molecular weight excluding hydrogens is 288 g/mol. The van der Waals surface area contributed by atoms with Crippen molar-refractivity contribution in [2.75, 3.05) is 44.2 Å². The summed E-state index contributed by atoms with van der Waals surface area (Å²) in [6.07, 6.45) is 4.95. The highest BCUT2D eigenvalue weighted by Gasteiger charge is 2.26. The maximum atomic E-state index is 12.6. The lowest BCUT2D eigenvalue weighted by Crippen LogP contribution is -2.49. The van der Waals surface area contributed by atoms with Crippen LogP contribution in [0.1, 0.15) is 26.2 Å². The summed E-state index contributed by atoms with van der Waals surface area (Å²) in [6.45, 7) is 7.84. The fourth-order valence-electron chi connectivity index (χ4n) is 3.71. The number of nitrogens with one attached hydrogen (secondary N) is 1. The molecule has 2 aliphatic rings. The summed E-state index contributed by atoms with van der Waals surface area (Å²) in [4.78, 5) is 21.3. The fourth-order valence-corrected chi connectivity index (χ4v) is 3.71. The van der Waals surface area contributed by atoms with E-state index in [2.05, 4.69) is 22.1 Å². The minimum Gasteiger partial charge on any atom is -0.353 e. The molecule has 0 bridgehead atoms. The van der Waals surface area contributed by atoms with Crippen LogP contribution in [0.15, 0.2) is 24.4 Å². The third-order valence-electron chi connectivity index (χ3n) is 5.29. The molecule has 1 unspecified atom stereocenters. The Balaban J connectivity index is 1.46. The Morgan fingerprint density at radius 2 is 2.00 bits per heavy atom. The monoisotopic (exact) mass is 316 g/mol. The van der Waals surface area contributed by atoms with Crippen LogP contribution in [0.5, 0.6) is 0 Å². The van der Waals surface area contributed by atoms with Gasteiger partial charge in [0.05, 0.1) is 0 Å². The van der Waals surface area contributed by atoms with Crippen LogP contribution < -0.4 is 10.2 Å². The fraction of sp³-hybridized carbons (Fsp3) is 0.667. The molecule has 5 nitrogen and oxygen atoms in total. The Labute approximate surface area is 139 Å². The van der Waals surface area contributed by atoms with Crippen LogP contribution in [0.25, 0.3) is 0 Å². The number of hydrogen-bond acceptors (Lipinski definition) is 4. The number of nitrogens with zero attached hydrogens (tertiary/aromatic N) is 3. The van der Waals surface area contributed by atoms with Gasteiger partial charge in [-0.1, -0.05) is 13.0 Å². The molecule has 1 aromatic heterocycles. The summed E-state index contributed by atoms with van der Waals surface area (Å²) < 4.78 is 0. The van der Waals surface area contributed by atoms with Gasteiger partial charge in [0.15, 0.2) is 0 Å². The second-order valence-corrected chi connectivity index (χ2v) is 6.82. The van der Waals surface area contributed by atoms with E-state index >= 15 is 0 Å². The number of piperazine rings is 1. The minimum atomic E-state index is 0.330. The number of carbonyl (C=O) groups excluding carboxylic acids is 1. The van der Waals surface area contributed by atoms with Gasteiger partial charge < -0.3 is 15.1 Å². The van der Waals surface area contributed by atoms with Crippen LogP contribution in [0.3, 0.4) is 0 Å². The molecule has 1 N–H and O–H groups in total. The normalized spacial score (nSPS) is 21.3. The molecule has 0 aromatic carbocycles. The van der Waals surface area contributed by atoms with E-state index in [0.29, 0.717) is 24.2 Å². The van der Waals surface area contributed by atoms with Crippen molar-refractivity contribution in [2.45, 2.75) is 26.2 Å². The van der Waals surface area contributed by atoms with Gasteiger partial charge in [0.1, 0.15) is 5.82 Å². The molecule has 2 fully saturated rings. The van der Waals surface area contributed by atoms with Crippen molar-refractivity contribution in [3.05, 3.63) is 24.4 Å². The van der Waals surface area contributed by atoms with Gasteiger partial charge in [-0.15, -0.1) is 0 Å². The van der Waals surface area contributed by atoms with E-state index in [1.54, 1.807) is 0 Å². The third-order valence-corrected chi connectivity index (χ3v) is 5.29. The molecule has 1 amide bonds. The molecule has 3 rings (SSSR count). The van der Waals surface area contributed by atoms with E-state index in [4.69, 9.17) is 0 Å².